The van der Waals surface area contributed by atoms with Gasteiger partial charge >= 0.3 is 5.95 Å². The Morgan fingerprint density at radius 3 is 1.87 bits per heavy atom. The summed E-state index contributed by atoms with van der Waals surface area (Å²) in [6.07, 6.45) is 11.8. The van der Waals surface area contributed by atoms with Gasteiger partial charge in [0.25, 0.3) is 0 Å². The van der Waals surface area contributed by atoms with Crippen LogP contribution in [0.25, 0.3) is 0 Å². The first-order valence-electron chi connectivity index (χ1n) is 9.40. The van der Waals surface area contributed by atoms with Crippen LogP contribution in [0.1, 0.15) is 85.0 Å². The van der Waals surface area contributed by atoms with Crippen LogP contribution in [0.5, 0.6) is 0 Å². The monoisotopic (exact) mass is 330 g/mol. The molecule has 0 aliphatic carbocycles. The third-order valence-corrected chi connectivity index (χ3v) is 3.46. The van der Waals surface area contributed by atoms with Crippen LogP contribution in [0.3, 0.4) is 0 Å². The van der Waals surface area contributed by atoms with Crippen molar-refractivity contribution >= 4 is 0 Å². The second kappa shape index (κ2) is 17.5. The van der Waals surface area contributed by atoms with E-state index in [0.717, 1.165) is 31.4 Å². The third kappa shape index (κ3) is 13.3. The first-order chi connectivity index (χ1) is 11.3. The Morgan fingerprint density at radius 1 is 0.652 bits per heavy atom. The van der Waals surface area contributed by atoms with Crippen molar-refractivity contribution in [2.45, 2.75) is 85.0 Å². The summed E-state index contributed by atoms with van der Waals surface area (Å²) in [6, 6.07) is 0. The maximum absolute atomic E-state index is 5.87. The number of unbranched alkanes of at least 4 members (excludes halogenated alkanes) is 6. The molecule has 0 radical (unpaired) electrons. The Labute approximate surface area is 143 Å². The zero-order chi connectivity index (χ0) is 17.2. The Hall–Kier alpha value is -0.900. The van der Waals surface area contributed by atoms with Crippen molar-refractivity contribution < 1.29 is 18.9 Å². The summed E-state index contributed by atoms with van der Waals surface area (Å²) in [5.41, 5.74) is 0. The lowest BCUT2D eigenvalue weighted by atomic mass is 10.1. The fourth-order valence-electron chi connectivity index (χ4n) is 2.21. The first-order valence-corrected chi connectivity index (χ1v) is 9.40. The fraction of sp³-hybridized carbons (Fsp3) is 0.895. The Bertz CT molecular complexity index is 267. The van der Waals surface area contributed by atoms with Crippen LogP contribution in [-0.2, 0) is 18.9 Å². The summed E-state index contributed by atoms with van der Waals surface area (Å²) in [5.74, 6) is 1.35. The lowest BCUT2D eigenvalue weighted by molar-refractivity contribution is -0.0686. The van der Waals surface area contributed by atoms with E-state index in [1.807, 2.05) is 0 Å². The predicted molar refractivity (Wildman–Crippen MR) is 95.1 cm³/mol. The van der Waals surface area contributed by atoms with Gasteiger partial charge in [0.1, 0.15) is 0 Å². The maximum Gasteiger partial charge on any atom is 0.321 e. The fourth-order valence-corrected chi connectivity index (χ4v) is 2.21. The van der Waals surface area contributed by atoms with Crippen molar-refractivity contribution in [1.29, 1.82) is 0 Å². The molecule has 4 nitrogen and oxygen atoms in total. The summed E-state index contributed by atoms with van der Waals surface area (Å²) in [7, 11) is 1.61. The molecule has 0 rings (SSSR count). The van der Waals surface area contributed by atoms with Crippen LogP contribution in [0.4, 0.5) is 0 Å². The van der Waals surface area contributed by atoms with Crippen molar-refractivity contribution in [3.05, 3.63) is 11.7 Å². The van der Waals surface area contributed by atoms with E-state index in [4.69, 9.17) is 18.9 Å². The smallest absolute Gasteiger partial charge is 0.321 e. The zero-order valence-electron chi connectivity index (χ0n) is 15.8. The molecule has 0 saturated heterocycles. The minimum absolute atomic E-state index is 0.190. The van der Waals surface area contributed by atoms with Crippen molar-refractivity contribution in [3.8, 4) is 0 Å². The molecule has 0 heterocycles. The van der Waals surface area contributed by atoms with E-state index >= 15 is 0 Å². The largest absolute Gasteiger partial charge is 0.491 e. The summed E-state index contributed by atoms with van der Waals surface area (Å²) in [5, 5.41) is 0. The number of hydrogen-bond donors (Lipinski definition) is 0. The van der Waals surface area contributed by atoms with Gasteiger partial charge in [-0.15, -0.1) is 0 Å². The lowest BCUT2D eigenvalue weighted by Crippen LogP contribution is -2.08. The van der Waals surface area contributed by atoms with E-state index in [2.05, 4.69) is 20.8 Å². The molecule has 0 fully saturated rings. The minimum Gasteiger partial charge on any atom is -0.491 e. The van der Waals surface area contributed by atoms with E-state index in [1.165, 1.54) is 38.5 Å². The molecule has 0 spiro atoms. The number of methoxy groups -OCH3 is 1. The molecule has 0 unspecified atom stereocenters. The molecular weight excluding hydrogens is 292 g/mol. The molecule has 0 aromatic heterocycles. The highest BCUT2D eigenvalue weighted by Crippen LogP contribution is 2.19. The van der Waals surface area contributed by atoms with Crippen molar-refractivity contribution in [3.63, 3.8) is 0 Å². The Balaban J connectivity index is 4.37. The number of rotatable bonds is 17. The SMILES string of the molecule is CCCCCCCCC/C(OCCC)=C(\OCCC)OCOC. The minimum atomic E-state index is 0.190. The summed E-state index contributed by atoms with van der Waals surface area (Å²) < 4.78 is 22.2. The number of ether oxygens (including phenoxy) is 4. The molecule has 0 saturated carbocycles. The van der Waals surface area contributed by atoms with Crippen LogP contribution < -0.4 is 0 Å². The molecular formula is C19H38O4. The van der Waals surface area contributed by atoms with Gasteiger partial charge in [0, 0.05) is 13.5 Å². The second-order valence-electron chi connectivity index (χ2n) is 5.83. The standard InChI is InChI=1S/C19H38O4/c1-5-8-9-10-11-12-13-14-18(21-15-6-2)19(22-16-7-3)23-17-20-4/h5-17H2,1-4H3/b19-18-. The van der Waals surface area contributed by atoms with Crippen molar-refractivity contribution in [1.82, 2.24) is 0 Å². The number of allylic oxidation sites excluding steroid dienone is 1. The topological polar surface area (TPSA) is 36.9 Å². The highest BCUT2D eigenvalue weighted by Gasteiger charge is 2.12. The third-order valence-electron chi connectivity index (χ3n) is 3.46. The summed E-state index contributed by atoms with van der Waals surface area (Å²) in [4.78, 5) is 0. The predicted octanol–water partition coefficient (Wildman–Crippen LogP) is 5.77. The van der Waals surface area contributed by atoms with Gasteiger partial charge in [-0.1, -0.05) is 59.3 Å². The van der Waals surface area contributed by atoms with Crippen LogP contribution in [0.2, 0.25) is 0 Å². The summed E-state index contributed by atoms with van der Waals surface area (Å²) in [6.45, 7) is 7.95. The molecule has 23 heavy (non-hydrogen) atoms. The maximum atomic E-state index is 5.87. The first kappa shape index (κ1) is 22.1. The average molecular weight is 331 g/mol. The summed E-state index contributed by atoms with van der Waals surface area (Å²) >= 11 is 0. The second-order valence-corrected chi connectivity index (χ2v) is 5.83. The van der Waals surface area contributed by atoms with Gasteiger partial charge in [0.05, 0.1) is 13.2 Å². The highest BCUT2D eigenvalue weighted by molar-refractivity contribution is 4.95. The molecule has 0 atom stereocenters. The van der Waals surface area contributed by atoms with Gasteiger partial charge in [0.2, 0.25) is 0 Å². The molecule has 0 bridgehead atoms. The molecule has 0 amide bonds. The van der Waals surface area contributed by atoms with Crippen LogP contribution in [0, 0.1) is 0 Å². The van der Waals surface area contributed by atoms with Gasteiger partial charge in [-0.05, 0) is 19.3 Å². The molecule has 138 valence electrons. The van der Waals surface area contributed by atoms with E-state index in [9.17, 15) is 0 Å². The average Bonchev–Trinajstić information content (AvgIpc) is 2.57. The number of hydrogen-bond acceptors (Lipinski definition) is 4. The van der Waals surface area contributed by atoms with Gasteiger partial charge < -0.3 is 18.9 Å². The van der Waals surface area contributed by atoms with Crippen LogP contribution in [-0.4, -0.2) is 27.1 Å². The quantitative estimate of drug-likeness (QED) is 0.193. The highest BCUT2D eigenvalue weighted by atomic mass is 16.7. The Morgan fingerprint density at radius 2 is 1.26 bits per heavy atom. The van der Waals surface area contributed by atoms with Crippen molar-refractivity contribution in [2.24, 2.45) is 0 Å². The molecule has 0 aromatic rings. The normalized spacial score (nSPS) is 12.0. The molecule has 4 heteroatoms. The molecule has 0 aliphatic heterocycles. The van der Waals surface area contributed by atoms with E-state index in [1.54, 1.807) is 7.11 Å². The lowest BCUT2D eigenvalue weighted by Gasteiger charge is -2.17. The van der Waals surface area contributed by atoms with E-state index in [0.29, 0.717) is 19.2 Å². The van der Waals surface area contributed by atoms with Gasteiger partial charge in [0.15, 0.2) is 12.6 Å². The molecule has 0 aromatic carbocycles. The molecule has 0 aliphatic rings. The van der Waals surface area contributed by atoms with Gasteiger partial charge in [-0.3, -0.25) is 0 Å². The Kier molecular flexibility index (Phi) is 16.8. The van der Waals surface area contributed by atoms with Crippen molar-refractivity contribution in [2.75, 3.05) is 27.1 Å². The van der Waals surface area contributed by atoms with Gasteiger partial charge in [-0.25, -0.2) is 0 Å². The zero-order valence-corrected chi connectivity index (χ0v) is 15.8. The van der Waals surface area contributed by atoms with E-state index in [-0.39, 0.29) is 6.79 Å². The molecule has 0 N–H and O–H groups in total. The van der Waals surface area contributed by atoms with Crippen LogP contribution in [0.15, 0.2) is 11.7 Å². The van der Waals surface area contributed by atoms with E-state index < -0.39 is 0 Å². The van der Waals surface area contributed by atoms with Gasteiger partial charge in [-0.2, -0.15) is 0 Å². The van der Waals surface area contributed by atoms with Crippen LogP contribution >= 0.6 is 0 Å².